The molecule has 0 atom stereocenters. The normalized spacial score (nSPS) is 0. The van der Waals surface area contributed by atoms with Crippen LogP contribution in [0.25, 0.3) is 0 Å². The zero-order valence-electron chi connectivity index (χ0n) is 3.86. The van der Waals surface area contributed by atoms with E-state index in [-0.39, 0.29) is 87.9 Å². The molecule has 1 radical (unpaired) electrons. The molecular formula is H4CuFeOSr. The van der Waals surface area contributed by atoms with Crippen LogP contribution in [-0.2, 0) is 34.1 Å². The molecule has 0 saturated carbocycles. The van der Waals surface area contributed by atoms with Gasteiger partial charge in [-0.05, 0) is 0 Å². The van der Waals surface area contributed by atoms with Crippen molar-refractivity contribution in [2.45, 2.75) is 0 Å². The van der Waals surface area contributed by atoms with Gasteiger partial charge in [0.25, 0.3) is 0 Å². The van der Waals surface area contributed by atoms with E-state index in [1.54, 1.807) is 0 Å². The van der Waals surface area contributed by atoms with E-state index in [9.17, 15) is 0 Å². The maximum Gasteiger partial charge on any atom is 2.00 e. The predicted octanol–water partition coefficient (Wildman–Crippen LogP) is -0.986. The van der Waals surface area contributed by atoms with Crippen LogP contribution in [0, 0.1) is 0 Å². The van der Waals surface area contributed by atoms with Gasteiger partial charge in [-0.3, -0.25) is 0 Å². The van der Waals surface area contributed by atoms with Crippen molar-refractivity contribution in [1.29, 1.82) is 0 Å². The van der Waals surface area contributed by atoms with Gasteiger partial charge in [-0.15, -0.1) is 0 Å². The number of hydrogen-bond donors (Lipinski definition) is 0. The Balaban J connectivity index is 0. The van der Waals surface area contributed by atoms with Gasteiger partial charge in [0, 0.05) is 34.1 Å². The fraction of sp³-hybridized carbons (Fsp3) is 0. The Hall–Kier alpha value is 2.48. The van der Waals surface area contributed by atoms with Gasteiger partial charge in [-0.25, -0.2) is 0 Å². The van der Waals surface area contributed by atoms with Crippen molar-refractivity contribution in [3.8, 4) is 0 Å². The molecule has 0 aromatic rings. The summed E-state index contributed by atoms with van der Waals surface area (Å²) in [5.41, 5.74) is 0. The van der Waals surface area contributed by atoms with Gasteiger partial charge >= 0.3 is 45.5 Å². The van der Waals surface area contributed by atoms with Crippen molar-refractivity contribution < 1.29 is 42.5 Å². The van der Waals surface area contributed by atoms with Gasteiger partial charge in [0.05, 0.1) is 0 Å². The molecule has 0 aromatic carbocycles. The van der Waals surface area contributed by atoms with E-state index in [1.807, 2.05) is 0 Å². The van der Waals surface area contributed by atoms with Gasteiger partial charge in [-0.1, -0.05) is 0 Å². The summed E-state index contributed by atoms with van der Waals surface area (Å²) in [6, 6.07) is 0. The summed E-state index contributed by atoms with van der Waals surface area (Å²) in [4.78, 5) is 0. The Morgan fingerprint density at radius 3 is 1.25 bits per heavy atom. The Labute approximate surface area is 86.4 Å². The molecule has 0 bridgehead atoms. The van der Waals surface area contributed by atoms with E-state index in [0.717, 1.165) is 0 Å². The third-order valence-corrected chi connectivity index (χ3v) is 0. The van der Waals surface area contributed by atoms with Gasteiger partial charge in [0.2, 0.25) is 0 Å². The Morgan fingerprint density at radius 2 is 1.25 bits per heavy atom. The molecule has 0 rings (SSSR count). The maximum absolute atomic E-state index is 0. The third-order valence-electron chi connectivity index (χ3n) is 0. The molecular weight excluding hydrogens is 223 g/mol. The van der Waals surface area contributed by atoms with Crippen molar-refractivity contribution in [3.63, 3.8) is 0 Å². The minimum atomic E-state index is 0. The number of hydrogen-bond acceptors (Lipinski definition) is 0. The predicted molar refractivity (Wildman–Crippen MR) is 11.6 cm³/mol. The summed E-state index contributed by atoms with van der Waals surface area (Å²) < 4.78 is 0. The second-order valence-corrected chi connectivity index (χ2v) is 0. The smallest absolute Gasteiger partial charge is 1.00 e. The molecule has 0 aliphatic heterocycles. The quantitative estimate of drug-likeness (QED) is 0.476. The summed E-state index contributed by atoms with van der Waals surface area (Å²) in [6.07, 6.45) is 0. The molecule has 0 fully saturated rings. The van der Waals surface area contributed by atoms with E-state index in [1.165, 1.54) is 0 Å². The first-order valence-corrected chi connectivity index (χ1v) is 0. The molecule has 0 unspecified atom stereocenters. The molecule has 0 aromatic heterocycles. The van der Waals surface area contributed by atoms with Crippen molar-refractivity contribution in [2.75, 3.05) is 0 Å². The van der Waals surface area contributed by atoms with E-state index >= 15 is 0 Å². The molecule has 2 N–H and O–H groups in total. The van der Waals surface area contributed by atoms with Crippen molar-refractivity contribution >= 4 is 45.5 Å². The molecule has 4 heavy (non-hydrogen) atoms. The summed E-state index contributed by atoms with van der Waals surface area (Å²) in [6.45, 7) is 0. The van der Waals surface area contributed by atoms with Crippen molar-refractivity contribution in [1.82, 2.24) is 0 Å². The fourth-order valence-electron chi connectivity index (χ4n) is 0. The maximum atomic E-state index is 0. The van der Waals surface area contributed by atoms with E-state index in [0.29, 0.717) is 0 Å². The molecule has 0 aliphatic carbocycles. The van der Waals surface area contributed by atoms with Gasteiger partial charge in [0.1, 0.15) is 0 Å². The summed E-state index contributed by atoms with van der Waals surface area (Å²) in [5, 5.41) is 0. The summed E-state index contributed by atoms with van der Waals surface area (Å²) in [5.74, 6) is 0. The Kier molecular flexibility index (Phi) is 141. The molecule has 4 heteroatoms. The topological polar surface area (TPSA) is 31.5 Å². The third kappa shape index (κ3) is 8.82. The minimum Gasteiger partial charge on any atom is -1.00 e. The van der Waals surface area contributed by atoms with Crippen LogP contribution in [0.2, 0.25) is 0 Å². The zero-order chi connectivity index (χ0) is 0. The van der Waals surface area contributed by atoms with Gasteiger partial charge in [0.15, 0.2) is 0 Å². The van der Waals surface area contributed by atoms with E-state index in [2.05, 4.69) is 0 Å². The average molecular weight is 227 g/mol. The Bertz CT molecular complexity index is 13.5. The van der Waals surface area contributed by atoms with Crippen LogP contribution in [0.1, 0.15) is 2.85 Å². The molecule has 0 spiro atoms. The second kappa shape index (κ2) is 17.9. The summed E-state index contributed by atoms with van der Waals surface area (Å²) in [7, 11) is 0. The van der Waals surface area contributed by atoms with Crippen LogP contribution in [-0.4, -0.2) is 51.0 Å². The van der Waals surface area contributed by atoms with Crippen molar-refractivity contribution in [3.05, 3.63) is 0 Å². The standard InChI is InChI=1S/Cu.Fe.H2O.Sr.2H/h;;1H2;;;/q;;;+2;2*-1. The van der Waals surface area contributed by atoms with E-state index < -0.39 is 0 Å². The summed E-state index contributed by atoms with van der Waals surface area (Å²) >= 11 is 0. The van der Waals surface area contributed by atoms with Gasteiger partial charge in [-0.2, -0.15) is 0 Å². The monoisotopic (exact) mass is 227 g/mol. The SMILES string of the molecule is O.[Cu].[Fe].[H-].[H-].[Sr+2]. The fourth-order valence-corrected chi connectivity index (χ4v) is 0. The zero-order valence-corrected chi connectivity index (χ0v) is 7.38. The first kappa shape index (κ1) is 31.6. The van der Waals surface area contributed by atoms with Crippen LogP contribution in [0.3, 0.4) is 0 Å². The van der Waals surface area contributed by atoms with Crippen LogP contribution >= 0.6 is 0 Å². The van der Waals surface area contributed by atoms with Crippen LogP contribution in [0.15, 0.2) is 0 Å². The van der Waals surface area contributed by atoms with Crippen LogP contribution in [0.4, 0.5) is 0 Å². The van der Waals surface area contributed by atoms with Gasteiger partial charge < -0.3 is 8.33 Å². The molecule has 0 saturated heterocycles. The first-order chi connectivity index (χ1) is 0. The largest absolute Gasteiger partial charge is 2.00 e. The first-order valence-electron chi connectivity index (χ1n) is 0. The molecule has 1 nitrogen and oxygen atoms in total. The molecule has 0 heterocycles. The average Bonchev–Trinajstić information content (AvgIpc) is 0. The van der Waals surface area contributed by atoms with Crippen molar-refractivity contribution in [2.24, 2.45) is 0 Å². The number of rotatable bonds is 0. The Morgan fingerprint density at radius 1 is 1.25 bits per heavy atom. The van der Waals surface area contributed by atoms with Crippen LogP contribution < -0.4 is 0 Å². The molecule has 0 aliphatic rings. The molecule has 0 amide bonds. The van der Waals surface area contributed by atoms with E-state index in [4.69, 9.17) is 0 Å². The minimum absolute atomic E-state index is 0. The second-order valence-electron chi connectivity index (χ2n) is 0. The van der Waals surface area contributed by atoms with Crippen LogP contribution in [0.5, 0.6) is 0 Å². The molecule has 31 valence electrons.